The lowest BCUT2D eigenvalue weighted by Gasteiger charge is -2.21. The Balaban J connectivity index is 2.05. The number of carboxylic acid groups (broad SMARTS) is 1. The SMILES string of the molecule is Cc1ccc(C(C)NC(=O)N2C[C@@H](C(F)(F)F)[C@H](C(=O)O)C2)cc1. The smallest absolute Gasteiger partial charge is 0.394 e. The summed E-state index contributed by atoms with van der Waals surface area (Å²) in [5.74, 6) is -5.22. The number of alkyl halides is 3. The van der Waals surface area contributed by atoms with Crippen LogP contribution < -0.4 is 5.32 Å². The fourth-order valence-electron chi connectivity index (χ4n) is 2.77. The molecule has 1 fully saturated rings. The number of aliphatic carboxylic acids is 1. The fraction of sp³-hybridized carbons (Fsp3) is 0.500. The monoisotopic (exact) mass is 344 g/mol. The summed E-state index contributed by atoms with van der Waals surface area (Å²) < 4.78 is 38.9. The molecule has 1 aromatic rings. The van der Waals surface area contributed by atoms with E-state index in [1.165, 1.54) is 0 Å². The summed E-state index contributed by atoms with van der Waals surface area (Å²) in [5.41, 5.74) is 1.87. The van der Waals surface area contributed by atoms with Gasteiger partial charge in [-0.05, 0) is 19.4 Å². The molecule has 0 aliphatic carbocycles. The van der Waals surface area contributed by atoms with Crippen molar-refractivity contribution in [3.8, 4) is 0 Å². The molecule has 1 unspecified atom stereocenters. The molecule has 0 saturated carbocycles. The number of hydrogen-bond acceptors (Lipinski definition) is 2. The zero-order chi connectivity index (χ0) is 18.1. The van der Waals surface area contributed by atoms with Crippen molar-refractivity contribution in [2.45, 2.75) is 26.1 Å². The van der Waals surface area contributed by atoms with Crippen LogP contribution >= 0.6 is 0 Å². The second-order valence-corrected chi connectivity index (χ2v) is 6.08. The first-order valence-corrected chi connectivity index (χ1v) is 7.51. The molecule has 5 nitrogen and oxygen atoms in total. The molecule has 1 aliphatic rings. The van der Waals surface area contributed by atoms with Gasteiger partial charge in [0.1, 0.15) is 0 Å². The number of benzene rings is 1. The van der Waals surface area contributed by atoms with Crippen LogP contribution in [0.1, 0.15) is 24.1 Å². The zero-order valence-electron chi connectivity index (χ0n) is 13.3. The molecule has 132 valence electrons. The number of nitrogens with one attached hydrogen (secondary N) is 1. The average molecular weight is 344 g/mol. The Morgan fingerprint density at radius 3 is 2.29 bits per heavy atom. The molecular weight excluding hydrogens is 325 g/mol. The van der Waals surface area contributed by atoms with Crippen molar-refractivity contribution in [3.63, 3.8) is 0 Å². The van der Waals surface area contributed by atoms with Gasteiger partial charge in [-0.2, -0.15) is 13.2 Å². The van der Waals surface area contributed by atoms with E-state index in [0.29, 0.717) is 0 Å². The highest BCUT2D eigenvalue weighted by Crippen LogP contribution is 2.37. The molecule has 1 saturated heterocycles. The highest BCUT2D eigenvalue weighted by molar-refractivity contribution is 5.78. The second-order valence-electron chi connectivity index (χ2n) is 6.08. The van der Waals surface area contributed by atoms with Gasteiger partial charge in [-0.1, -0.05) is 29.8 Å². The third-order valence-electron chi connectivity index (χ3n) is 4.26. The number of rotatable bonds is 3. The summed E-state index contributed by atoms with van der Waals surface area (Å²) >= 11 is 0. The Bertz CT molecular complexity index is 616. The first kappa shape index (κ1) is 18.1. The molecule has 3 atom stereocenters. The van der Waals surface area contributed by atoms with E-state index in [9.17, 15) is 22.8 Å². The fourth-order valence-corrected chi connectivity index (χ4v) is 2.77. The lowest BCUT2D eigenvalue weighted by molar-refractivity contribution is -0.187. The number of carboxylic acids is 1. The molecule has 1 aromatic carbocycles. The number of carbonyl (C=O) groups excluding carboxylic acids is 1. The van der Waals surface area contributed by atoms with Crippen LogP contribution in [0.4, 0.5) is 18.0 Å². The van der Waals surface area contributed by atoms with Gasteiger partial charge in [0.05, 0.1) is 17.9 Å². The first-order valence-electron chi connectivity index (χ1n) is 7.51. The molecule has 2 N–H and O–H groups in total. The van der Waals surface area contributed by atoms with E-state index in [-0.39, 0.29) is 0 Å². The van der Waals surface area contributed by atoms with Crippen LogP contribution in [0.25, 0.3) is 0 Å². The zero-order valence-corrected chi connectivity index (χ0v) is 13.3. The molecule has 0 radical (unpaired) electrons. The number of carbonyl (C=O) groups is 2. The summed E-state index contributed by atoms with van der Waals surface area (Å²) in [5, 5.41) is 11.6. The van der Waals surface area contributed by atoms with Gasteiger partial charge in [-0.15, -0.1) is 0 Å². The van der Waals surface area contributed by atoms with Gasteiger partial charge in [0, 0.05) is 13.1 Å². The van der Waals surface area contributed by atoms with E-state index < -0.39 is 49.1 Å². The molecule has 2 rings (SSSR count). The van der Waals surface area contributed by atoms with Gasteiger partial charge in [0.2, 0.25) is 0 Å². The predicted octanol–water partition coefficient (Wildman–Crippen LogP) is 2.96. The van der Waals surface area contributed by atoms with Crippen molar-refractivity contribution in [3.05, 3.63) is 35.4 Å². The minimum absolute atomic E-state index is 0.397. The number of halogens is 3. The average Bonchev–Trinajstić information content (AvgIpc) is 2.93. The van der Waals surface area contributed by atoms with Crippen molar-refractivity contribution in [2.75, 3.05) is 13.1 Å². The molecular formula is C16H19F3N2O3. The Labute approximate surface area is 137 Å². The van der Waals surface area contributed by atoms with E-state index >= 15 is 0 Å². The van der Waals surface area contributed by atoms with Crippen LogP contribution in [0.5, 0.6) is 0 Å². The summed E-state index contributed by atoms with van der Waals surface area (Å²) in [6, 6.07) is 6.29. The molecule has 24 heavy (non-hydrogen) atoms. The number of urea groups is 1. The number of likely N-dealkylation sites (tertiary alicyclic amines) is 1. The quantitative estimate of drug-likeness (QED) is 0.886. The molecule has 0 bridgehead atoms. The molecule has 2 amide bonds. The molecule has 1 heterocycles. The number of nitrogens with zero attached hydrogens (tertiary/aromatic N) is 1. The van der Waals surface area contributed by atoms with Crippen molar-refractivity contribution in [1.29, 1.82) is 0 Å². The van der Waals surface area contributed by atoms with E-state index in [4.69, 9.17) is 5.11 Å². The van der Waals surface area contributed by atoms with Gasteiger partial charge in [-0.25, -0.2) is 4.79 Å². The normalized spacial score (nSPS) is 22.3. The van der Waals surface area contributed by atoms with Crippen molar-refractivity contribution >= 4 is 12.0 Å². The van der Waals surface area contributed by atoms with Gasteiger partial charge < -0.3 is 15.3 Å². The third kappa shape index (κ3) is 3.98. The van der Waals surface area contributed by atoms with Gasteiger partial charge >= 0.3 is 18.2 Å². The highest BCUT2D eigenvalue weighted by atomic mass is 19.4. The highest BCUT2D eigenvalue weighted by Gasteiger charge is 2.53. The van der Waals surface area contributed by atoms with Crippen LogP contribution in [-0.4, -0.2) is 41.3 Å². The Hall–Kier alpha value is -2.25. The largest absolute Gasteiger partial charge is 0.481 e. The maximum Gasteiger partial charge on any atom is 0.394 e. The Morgan fingerprint density at radius 1 is 1.25 bits per heavy atom. The van der Waals surface area contributed by atoms with Gasteiger partial charge in [-0.3, -0.25) is 4.79 Å². The maximum absolute atomic E-state index is 13.0. The van der Waals surface area contributed by atoms with Gasteiger partial charge in [0.25, 0.3) is 0 Å². The van der Waals surface area contributed by atoms with Gasteiger partial charge in [0.15, 0.2) is 0 Å². The second kappa shape index (κ2) is 6.70. The van der Waals surface area contributed by atoms with E-state index in [0.717, 1.165) is 16.0 Å². The van der Waals surface area contributed by atoms with Crippen LogP contribution in [0.2, 0.25) is 0 Å². The summed E-state index contributed by atoms with van der Waals surface area (Å²) in [6.07, 6.45) is -4.65. The first-order chi connectivity index (χ1) is 11.1. The Morgan fingerprint density at radius 2 is 1.83 bits per heavy atom. The van der Waals surface area contributed by atoms with E-state index in [2.05, 4.69) is 5.32 Å². The predicted molar refractivity (Wildman–Crippen MR) is 80.4 cm³/mol. The van der Waals surface area contributed by atoms with Crippen LogP contribution in [-0.2, 0) is 4.79 Å². The van der Waals surface area contributed by atoms with Crippen LogP contribution in [0.3, 0.4) is 0 Å². The van der Waals surface area contributed by atoms with E-state index in [1.54, 1.807) is 6.92 Å². The van der Waals surface area contributed by atoms with Crippen LogP contribution in [0, 0.1) is 18.8 Å². The van der Waals surface area contributed by atoms with E-state index in [1.807, 2.05) is 31.2 Å². The summed E-state index contributed by atoms with van der Waals surface area (Å²) in [7, 11) is 0. The standard InChI is InChI=1S/C16H19F3N2O3/c1-9-3-5-11(6-4-9)10(2)20-15(24)21-7-12(14(22)23)13(8-21)16(17,18)19/h3-6,10,12-13H,7-8H2,1-2H3,(H,20,24)(H,22,23)/t10?,12-,13-/m1/s1. The van der Waals surface area contributed by atoms with Crippen molar-refractivity contribution in [1.82, 2.24) is 10.2 Å². The summed E-state index contributed by atoms with van der Waals surface area (Å²) in [4.78, 5) is 24.2. The lowest BCUT2D eigenvalue weighted by Crippen LogP contribution is -2.40. The number of hydrogen-bond donors (Lipinski definition) is 2. The lowest BCUT2D eigenvalue weighted by atomic mass is 9.96. The minimum atomic E-state index is -4.65. The summed E-state index contributed by atoms with van der Waals surface area (Å²) in [6.45, 7) is 2.54. The molecule has 8 heteroatoms. The maximum atomic E-state index is 13.0. The number of aryl methyl sites for hydroxylation is 1. The Kier molecular flexibility index (Phi) is 5.05. The molecule has 0 spiro atoms. The third-order valence-corrected chi connectivity index (χ3v) is 4.26. The molecule has 0 aromatic heterocycles. The number of amides is 2. The topological polar surface area (TPSA) is 69.6 Å². The van der Waals surface area contributed by atoms with Crippen molar-refractivity contribution in [2.24, 2.45) is 11.8 Å². The molecule has 1 aliphatic heterocycles. The van der Waals surface area contributed by atoms with Crippen LogP contribution in [0.15, 0.2) is 24.3 Å². The minimum Gasteiger partial charge on any atom is -0.481 e. The van der Waals surface area contributed by atoms with Crippen molar-refractivity contribution < 1.29 is 27.9 Å².